The van der Waals surface area contributed by atoms with E-state index in [0.29, 0.717) is 11.8 Å². The molecule has 1 saturated heterocycles. The molecule has 0 spiro atoms. The summed E-state index contributed by atoms with van der Waals surface area (Å²) in [4.78, 5) is 13.5. The van der Waals surface area contributed by atoms with Gasteiger partial charge >= 0.3 is 0 Å². The van der Waals surface area contributed by atoms with Crippen LogP contribution in [0.25, 0.3) is 0 Å². The smallest absolute Gasteiger partial charge is 0.173 e. The first kappa shape index (κ1) is 15.0. The minimum Gasteiger partial charge on any atom is -0.348 e. The highest BCUT2D eigenvalue weighted by molar-refractivity contribution is 7.80. The lowest BCUT2D eigenvalue weighted by Gasteiger charge is -2.36. The molecule has 1 fully saturated rings. The van der Waals surface area contributed by atoms with Gasteiger partial charge in [0.2, 0.25) is 0 Å². The third-order valence-electron chi connectivity index (χ3n) is 3.70. The van der Waals surface area contributed by atoms with E-state index in [4.69, 9.17) is 12.2 Å². The summed E-state index contributed by atoms with van der Waals surface area (Å²) in [6.45, 7) is 8.15. The number of piperidine rings is 1. The molecule has 0 bridgehead atoms. The van der Waals surface area contributed by atoms with Gasteiger partial charge in [-0.1, -0.05) is 13.8 Å². The summed E-state index contributed by atoms with van der Waals surface area (Å²) < 4.78 is 0. The molecule has 0 unspecified atom stereocenters. The number of nitrogens with zero attached hydrogens (tertiary/aromatic N) is 1. The minimum absolute atomic E-state index is 0.0813. The highest BCUT2D eigenvalue weighted by Gasteiger charge is 2.23. The van der Waals surface area contributed by atoms with E-state index >= 15 is 0 Å². The number of rotatable bonds is 2. The van der Waals surface area contributed by atoms with Crippen molar-refractivity contribution in [2.24, 2.45) is 11.8 Å². The van der Waals surface area contributed by atoms with E-state index in [-0.39, 0.29) is 5.78 Å². The zero-order chi connectivity index (χ0) is 14.7. The number of likely N-dealkylation sites (tertiary alicyclic amines) is 1. The molecule has 108 valence electrons. The number of anilines is 1. The average molecular weight is 290 g/mol. The van der Waals surface area contributed by atoms with Gasteiger partial charge in [0.05, 0.1) is 0 Å². The third kappa shape index (κ3) is 3.79. The molecule has 20 heavy (non-hydrogen) atoms. The second kappa shape index (κ2) is 6.35. The van der Waals surface area contributed by atoms with E-state index in [1.807, 2.05) is 24.3 Å². The molecule has 0 aromatic heterocycles. The lowest BCUT2D eigenvalue weighted by molar-refractivity contribution is 0.101. The minimum atomic E-state index is 0.0813. The molecule has 0 radical (unpaired) electrons. The number of carbonyl (C=O) groups is 1. The molecule has 1 aliphatic rings. The van der Waals surface area contributed by atoms with Crippen molar-refractivity contribution in [3.05, 3.63) is 29.8 Å². The Morgan fingerprint density at radius 1 is 1.20 bits per heavy atom. The molecule has 3 nitrogen and oxygen atoms in total. The van der Waals surface area contributed by atoms with Crippen molar-refractivity contribution in [2.45, 2.75) is 27.2 Å². The first-order valence-electron chi connectivity index (χ1n) is 7.12. The van der Waals surface area contributed by atoms with Crippen LogP contribution in [0.5, 0.6) is 0 Å². The maximum Gasteiger partial charge on any atom is 0.173 e. The number of nitrogens with one attached hydrogen (secondary N) is 1. The number of thiocarbonyl (C=S) groups is 1. The lowest BCUT2D eigenvalue weighted by atomic mass is 9.92. The molecule has 1 N–H and O–H groups in total. The number of hydrogen-bond donors (Lipinski definition) is 1. The van der Waals surface area contributed by atoms with Gasteiger partial charge in [-0.3, -0.25) is 4.79 Å². The van der Waals surface area contributed by atoms with Gasteiger partial charge in [0.25, 0.3) is 0 Å². The van der Waals surface area contributed by atoms with E-state index < -0.39 is 0 Å². The van der Waals surface area contributed by atoms with Crippen molar-refractivity contribution in [3.63, 3.8) is 0 Å². The first-order chi connectivity index (χ1) is 9.45. The van der Waals surface area contributed by atoms with Crippen molar-refractivity contribution in [3.8, 4) is 0 Å². The zero-order valence-corrected chi connectivity index (χ0v) is 13.2. The van der Waals surface area contributed by atoms with E-state index in [2.05, 4.69) is 24.1 Å². The van der Waals surface area contributed by atoms with Gasteiger partial charge in [-0.25, -0.2) is 0 Å². The molecule has 2 rings (SSSR count). The normalized spacial score (nSPS) is 22.4. The van der Waals surface area contributed by atoms with Crippen molar-refractivity contribution < 1.29 is 4.79 Å². The summed E-state index contributed by atoms with van der Waals surface area (Å²) >= 11 is 5.49. The predicted molar refractivity (Wildman–Crippen MR) is 87.2 cm³/mol. The second-order valence-electron chi connectivity index (χ2n) is 5.91. The fourth-order valence-corrected chi connectivity index (χ4v) is 3.09. The third-order valence-corrected chi connectivity index (χ3v) is 4.06. The molecule has 1 aromatic carbocycles. The van der Waals surface area contributed by atoms with Crippen LogP contribution in [0.1, 0.15) is 37.6 Å². The molecule has 1 heterocycles. The van der Waals surface area contributed by atoms with Crippen LogP contribution in [-0.4, -0.2) is 28.9 Å². The molecule has 1 aromatic rings. The average Bonchev–Trinajstić information content (AvgIpc) is 2.38. The van der Waals surface area contributed by atoms with Crippen molar-refractivity contribution in [1.29, 1.82) is 0 Å². The molecular weight excluding hydrogens is 268 g/mol. The highest BCUT2D eigenvalue weighted by atomic mass is 32.1. The van der Waals surface area contributed by atoms with Gasteiger partial charge < -0.3 is 10.2 Å². The van der Waals surface area contributed by atoms with Crippen LogP contribution in [0.2, 0.25) is 0 Å². The highest BCUT2D eigenvalue weighted by Crippen LogP contribution is 2.22. The molecule has 2 atom stereocenters. The van der Waals surface area contributed by atoms with Gasteiger partial charge in [-0.2, -0.15) is 0 Å². The SMILES string of the molecule is CC(=O)c1ccc(NC(=S)N2C[C@H](C)C[C@@H](C)C2)cc1. The van der Waals surface area contributed by atoms with Crippen LogP contribution in [0.15, 0.2) is 24.3 Å². The van der Waals surface area contributed by atoms with Crippen LogP contribution < -0.4 is 5.32 Å². The van der Waals surface area contributed by atoms with Gasteiger partial charge in [-0.05, 0) is 61.7 Å². The van der Waals surface area contributed by atoms with E-state index in [1.165, 1.54) is 6.42 Å². The van der Waals surface area contributed by atoms with Crippen molar-refractivity contribution >= 4 is 28.8 Å². The Morgan fingerprint density at radius 2 is 1.75 bits per heavy atom. The number of ketones is 1. The summed E-state index contributed by atoms with van der Waals surface area (Å²) in [5.74, 6) is 1.44. The number of hydrogen-bond acceptors (Lipinski definition) is 2. The quantitative estimate of drug-likeness (QED) is 0.667. The van der Waals surface area contributed by atoms with Crippen LogP contribution in [0, 0.1) is 11.8 Å². The van der Waals surface area contributed by atoms with Gasteiger partial charge in [0, 0.05) is 24.3 Å². The van der Waals surface area contributed by atoms with E-state index in [0.717, 1.165) is 29.5 Å². The standard InChI is InChI=1S/C16H22N2OS/c1-11-8-12(2)10-18(9-11)16(20)17-15-6-4-14(5-7-15)13(3)19/h4-7,11-12H,8-10H2,1-3H3,(H,17,20)/t11-,12-/m1/s1. The topological polar surface area (TPSA) is 32.3 Å². The van der Waals surface area contributed by atoms with Gasteiger partial charge in [0.15, 0.2) is 10.9 Å². The molecule has 4 heteroatoms. The van der Waals surface area contributed by atoms with Crippen molar-refractivity contribution in [1.82, 2.24) is 4.90 Å². The van der Waals surface area contributed by atoms with Crippen LogP contribution in [-0.2, 0) is 0 Å². The summed E-state index contributed by atoms with van der Waals surface area (Å²) in [6, 6.07) is 7.46. The number of carbonyl (C=O) groups excluding carboxylic acids is 1. The molecular formula is C16H22N2OS. The fraction of sp³-hybridized carbons (Fsp3) is 0.500. The Morgan fingerprint density at radius 3 is 2.25 bits per heavy atom. The van der Waals surface area contributed by atoms with E-state index in [1.54, 1.807) is 6.92 Å². The zero-order valence-electron chi connectivity index (χ0n) is 12.3. The van der Waals surface area contributed by atoms with Crippen LogP contribution in [0.3, 0.4) is 0 Å². The largest absolute Gasteiger partial charge is 0.348 e. The molecule has 0 saturated carbocycles. The Hall–Kier alpha value is -1.42. The second-order valence-corrected chi connectivity index (χ2v) is 6.30. The Kier molecular flexibility index (Phi) is 4.76. The first-order valence-corrected chi connectivity index (χ1v) is 7.53. The summed E-state index contributed by atoms with van der Waals surface area (Å²) in [6.07, 6.45) is 1.27. The monoisotopic (exact) mass is 290 g/mol. The lowest BCUT2D eigenvalue weighted by Crippen LogP contribution is -2.44. The summed E-state index contributed by atoms with van der Waals surface area (Å²) in [5.41, 5.74) is 1.66. The van der Waals surface area contributed by atoms with Gasteiger partial charge in [-0.15, -0.1) is 0 Å². The summed E-state index contributed by atoms with van der Waals surface area (Å²) in [5, 5.41) is 4.04. The Bertz CT molecular complexity index is 488. The molecule has 0 aliphatic carbocycles. The Labute approximate surface area is 126 Å². The maximum absolute atomic E-state index is 11.2. The van der Waals surface area contributed by atoms with Crippen LogP contribution in [0.4, 0.5) is 5.69 Å². The van der Waals surface area contributed by atoms with Gasteiger partial charge in [0.1, 0.15) is 0 Å². The number of Topliss-reactive ketones (excluding diaryl/α,β-unsaturated/α-hetero) is 1. The fourth-order valence-electron chi connectivity index (χ4n) is 2.82. The molecule has 0 amide bonds. The molecule has 1 aliphatic heterocycles. The predicted octanol–water partition coefficient (Wildman–Crippen LogP) is 3.56. The maximum atomic E-state index is 11.2. The number of benzene rings is 1. The summed E-state index contributed by atoms with van der Waals surface area (Å²) in [7, 11) is 0. The van der Waals surface area contributed by atoms with E-state index in [9.17, 15) is 4.79 Å². The Balaban J connectivity index is 1.98. The van der Waals surface area contributed by atoms with Crippen LogP contribution >= 0.6 is 12.2 Å². The van der Waals surface area contributed by atoms with Crippen molar-refractivity contribution in [2.75, 3.05) is 18.4 Å².